The standard InChI is InChI=1S/C15H23NO3/c1-10(2)12(8-17)7-16(4)13-6-15-14(5-11(13)3)18-9-19-15/h5-6,10,12,17H,7-9H2,1-4H3. The highest BCUT2D eigenvalue weighted by Crippen LogP contribution is 2.38. The first kappa shape index (κ1) is 14.0. The molecule has 0 spiro atoms. The Bertz CT molecular complexity index is 445. The minimum Gasteiger partial charge on any atom is -0.454 e. The summed E-state index contributed by atoms with van der Waals surface area (Å²) in [7, 11) is 2.05. The quantitative estimate of drug-likeness (QED) is 0.888. The number of aryl methyl sites for hydroxylation is 1. The van der Waals surface area contributed by atoms with Gasteiger partial charge in [-0.1, -0.05) is 13.8 Å². The van der Waals surface area contributed by atoms with Crippen LogP contribution in [0.25, 0.3) is 0 Å². The average molecular weight is 265 g/mol. The molecule has 0 radical (unpaired) electrons. The van der Waals surface area contributed by atoms with Crippen LogP contribution in [0.5, 0.6) is 11.5 Å². The zero-order valence-corrected chi connectivity index (χ0v) is 12.1. The van der Waals surface area contributed by atoms with Crippen LogP contribution in [0.15, 0.2) is 12.1 Å². The smallest absolute Gasteiger partial charge is 0.231 e. The van der Waals surface area contributed by atoms with Crippen molar-refractivity contribution >= 4 is 5.69 Å². The van der Waals surface area contributed by atoms with Crippen LogP contribution in [-0.2, 0) is 0 Å². The summed E-state index contributed by atoms with van der Waals surface area (Å²) in [5.74, 6) is 2.35. The van der Waals surface area contributed by atoms with Crippen molar-refractivity contribution in [2.45, 2.75) is 20.8 Å². The SMILES string of the molecule is Cc1cc2c(cc1N(C)CC(CO)C(C)C)OCO2. The molecule has 19 heavy (non-hydrogen) atoms. The molecule has 0 aromatic heterocycles. The van der Waals surface area contributed by atoms with Crippen molar-refractivity contribution < 1.29 is 14.6 Å². The monoisotopic (exact) mass is 265 g/mol. The maximum atomic E-state index is 9.45. The van der Waals surface area contributed by atoms with Gasteiger partial charge in [0.05, 0.1) is 0 Å². The Morgan fingerprint density at radius 3 is 2.47 bits per heavy atom. The molecule has 1 N–H and O–H groups in total. The van der Waals surface area contributed by atoms with Crippen molar-refractivity contribution in [3.8, 4) is 11.5 Å². The van der Waals surface area contributed by atoms with Crippen molar-refractivity contribution in [2.75, 3.05) is 31.9 Å². The molecule has 2 rings (SSSR count). The van der Waals surface area contributed by atoms with Gasteiger partial charge in [0.2, 0.25) is 6.79 Å². The number of benzene rings is 1. The number of hydrogen-bond donors (Lipinski definition) is 1. The zero-order valence-electron chi connectivity index (χ0n) is 12.1. The van der Waals surface area contributed by atoms with Crippen molar-refractivity contribution in [3.05, 3.63) is 17.7 Å². The first-order valence-electron chi connectivity index (χ1n) is 6.75. The molecule has 1 heterocycles. The van der Waals surface area contributed by atoms with Gasteiger partial charge < -0.3 is 19.5 Å². The van der Waals surface area contributed by atoms with E-state index in [2.05, 4.69) is 32.7 Å². The maximum absolute atomic E-state index is 9.45. The maximum Gasteiger partial charge on any atom is 0.231 e. The Morgan fingerprint density at radius 2 is 1.89 bits per heavy atom. The van der Waals surface area contributed by atoms with E-state index < -0.39 is 0 Å². The van der Waals surface area contributed by atoms with Gasteiger partial charge in [-0.25, -0.2) is 0 Å². The lowest BCUT2D eigenvalue weighted by molar-refractivity contribution is 0.174. The van der Waals surface area contributed by atoms with E-state index in [9.17, 15) is 5.11 Å². The highest BCUT2D eigenvalue weighted by atomic mass is 16.7. The second-order valence-electron chi connectivity index (χ2n) is 5.56. The number of rotatable bonds is 5. The average Bonchev–Trinajstić information content (AvgIpc) is 2.81. The number of aliphatic hydroxyl groups is 1. The minimum atomic E-state index is 0.214. The van der Waals surface area contributed by atoms with Crippen LogP contribution in [-0.4, -0.2) is 32.1 Å². The summed E-state index contributed by atoms with van der Waals surface area (Å²) in [6, 6.07) is 4.03. The first-order chi connectivity index (χ1) is 9.02. The Kier molecular flexibility index (Phi) is 4.20. The van der Waals surface area contributed by atoms with E-state index >= 15 is 0 Å². The normalized spacial score (nSPS) is 14.8. The molecule has 1 unspecified atom stereocenters. The molecule has 0 amide bonds. The van der Waals surface area contributed by atoms with Crippen molar-refractivity contribution in [1.29, 1.82) is 0 Å². The highest BCUT2D eigenvalue weighted by Gasteiger charge is 2.20. The number of fused-ring (bicyclic) bond motifs is 1. The van der Waals surface area contributed by atoms with Crippen molar-refractivity contribution in [1.82, 2.24) is 0 Å². The zero-order chi connectivity index (χ0) is 14.0. The molecule has 0 fully saturated rings. The number of anilines is 1. The molecule has 1 atom stereocenters. The van der Waals surface area contributed by atoms with Crippen LogP contribution >= 0.6 is 0 Å². The van der Waals surface area contributed by atoms with E-state index in [1.165, 1.54) is 0 Å². The van der Waals surface area contributed by atoms with Gasteiger partial charge in [0, 0.05) is 37.9 Å². The molecule has 1 aliphatic heterocycles. The van der Waals surface area contributed by atoms with E-state index in [-0.39, 0.29) is 12.5 Å². The Morgan fingerprint density at radius 1 is 1.26 bits per heavy atom. The molecule has 106 valence electrons. The van der Waals surface area contributed by atoms with Crippen LogP contribution in [0.2, 0.25) is 0 Å². The van der Waals surface area contributed by atoms with E-state index in [4.69, 9.17) is 9.47 Å². The summed E-state index contributed by atoms with van der Waals surface area (Å²) in [5.41, 5.74) is 2.29. The molecule has 1 aliphatic rings. The molecular formula is C15H23NO3. The fourth-order valence-corrected chi connectivity index (χ4v) is 2.37. The number of aliphatic hydroxyl groups excluding tert-OH is 1. The van der Waals surface area contributed by atoms with Crippen molar-refractivity contribution in [2.24, 2.45) is 11.8 Å². The fourth-order valence-electron chi connectivity index (χ4n) is 2.37. The molecule has 1 aromatic rings. The Balaban J connectivity index is 2.17. The second-order valence-corrected chi connectivity index (χ2v) is 5.56. The van der Waals surface area contributed by atoms with E-state index in [1.54, 1.807) is 0 Å². The topological polar surface area (TPSA) is 41.9 Å². The predicted molar refractivity (Wildman–Crippen MR) is 76.0 cm³/mol. The third kappa shape index (κ3) is 2.95. The predicted octanol–water partition coefficient (Wildman–Crippen LogP) is 2.42. The molecule has 0 saturated carbocycles. The van der Waals surface area contributed by atoms with Gasteiger partial charge in [-0.15, -0.1) is 0 Å². The largest absolute Gasteiger partial charge is 0.454 e. The van der Waals surface area contributed by atoms with Gasteiger partial charge in [0.15, 0.2) is 11.5 Å². The highest BCUT2D eigenvalue weighted by molar-refractivity contribution is 5.62. The fraction of sp³-hybridized carbons (Fsp3) is 0.600. The van der Waals surface area contributed by atoms with Crippen LogP contribution < -0.4 is 14.4 Å². The van der Waals surface area contributed by atoms with E-state index in [0.29, 0.717) is 12.7 Å². The summed E-state index contributed by atoms with van der Waals surface area (Å²) >= 11 is 0. The number of ether oxygens (including phenoxy) is 2. The Hall–Kier alpha value is -1.42. The van der Waals surface area contributed by atoms with E-state index in [1.807, 2.05) is 12.1 Å². The molecule has 4 nitrogen and oxygen atoms in total. The van der Waals surface area contributed by atoms with Gasteiger partial charge >= 0.3 is 0 Å². The summed E-state index contributed by atoms with van der Waals surface area (Å²) in [6.07, 6.45) is 0. The van der Waals surface area contributed by atoms with Crippen LogP contribution in [0.4, 0.5) is 5.69 Å². The van der Waals surface area contributed by atoms with Crippen molar-refractivity contribution in [3.63, 3.8) is 0 Å². The molecule has 0 bridgehead atoms. The van der Waals surface area contributed by atoms with Gasteiger partial charge in [-0.2, -0.15) is 0 Å². The van der Waals surface area contributed by atoms with Gasteiger partial charge in [-0.05, 0) is 24.5 Å². The molecule has 0 saturated heterocycles. The Labute approximate surface area is 114 Å². The second kappa shape index (κ2) is 5.70. The third-order valence-electron chi connectivity index (χ3n) is 3.79. The first-order valence-corrected chi connectivity index (χ1v) is 6.75. The summed E-state index contributed by atoms with van der Waals surface area (Å²) in [6.45, 7) is 7.69. The van der Waals surface area contributed by atoms with Crippen LogP contribution in [0.1, 0.15) is 19.4 Å². The molecular weight excluding hydrogens is 242 g/mol. The summed E-state index contributed by atoms with van der Waals surface area (Å²) in [5, 5.41) is 9.45. The van der Waals surface area contributed by atoms with Crippen LogP contribution in [0, 0.1) is 18.8 Å². The third-order valence-corrected chi connectivity index (χ3v) is 3.79. The lowest BCUT2D eigenvalue weighted by Crippen LogP contribution is -2.31. The molecule has 1 aromatic carbocycles. The minimum absolute atomic E-state index is 0.214. The van der Waals surface area contributed by atoms with Crippen LogP contribution in [0.3, 0.4) is 0 Å². The summed E-state index contributed by atoms with van der Waals surface area (Å²) in [4.78, 5) is 2.18. The molecule has 0 aliphatic carbocycles. The lowest BCUT2D eigenvalue weighted by Gasteiger charge is -2.28. The van der Waals surface area contributed by atoms with Gasteiger partial charge in [-0.3, -0.25) is 0 Å². The van der Waals surface area contributed by atoms with Gasteiger partial charge in [0.1, 0.15) is 0 Å². The summed E-state index contributed by atoms with van der Waals surface area (Å²) < 4.78 is 10.8. The van der Waals surface area contributed by atoms with Gasteiger partial charge in [0.25, 0.3) is 0 Å². The number of hydrogen-bond acceptors (Lipinski definition) is 4. The lowest BCUT2D eigenvalue weighted by atomic mass is 9.96. The number of nitrogens with zero attached hydrogens (tertiary/aromatic N) is 1. The van der Waals surface area contributed by atoms with E-state index in [0.717, 1.165) is 29.3 Å². The molecule has 4 heteroatoms.